The van der Waals surface area contributed by atoms with Crippen molar-refractivity contribution < 1.29 is 4.74 Å². The van der Waals surface area contributed by atoms with Crippen molar-refractivity contribution in [1.29, 1.82) is 0 Å². The highest BCUT2D eigenvalue weighted by Crippen LogP contribution is 2.30. The molecule has 0 spiro atoms. The summed E-state index contributed by atoms with van der Waals surface area (Å²) in [6, 6.07) is 0. The van der Waals surface area contributed by atoms with Gasteiger partial charge in [0.05, 0.1) is 13.2 Å². The lowest BCUT2D eigenvalue weighted by molar-refractivity contribution is 0.0374. The second-order valence-electron chi connectivity index (χ2n) is 6.05. The molecule has 0 N–H and O–H groups in total. The van der Waals surface area contributed by atoms with Crippen molar-refractivity contribution in [3.63, 3.8) is 0 Å². The number of hydrogen-bond donors (Lipinski definition) is 0. The molecule has 2 fully saturated rings. The van der Waals surface area contributed by atoms with Crippen LogP contribution < -0.4 is 4.90 Å². The molecular weight excluding hydrogens is 332 g/mol. The molecule has 1 aromatic heterocycles. The summed E-state index contributed by atoms with van der Waals surface area (Å²) in [6.07, 6.45) is 6.50. The molecule has 0 atom stereocenters. The molecule has 0 aromatic carbocycles. The predicted molar refractivity (Wildman–Crippen MR) is 95.9 cm³/mol. The van der Waals surface area contributed by atoms with E-state index in [4.69, 9.17) is 21.3 Å². The minimum atomic E-state index is 0.633. The van der Waals surface area contributed by atoms with Crippen LogP contribution in [0, 0.1) is 0 Å². The SMILES string of the molecule is CSc1nc(Cl)c(CCCN2CCOCC2)c(N2CCCC2)n1. The molecule has 5 nitrogen and oxygen atoms in total. The lowest BCUT2D eigenvalue weighted by Gasteiger charge is -2.27. The van der Waals surface area contributed by atoms with Crippen molar-refractivity contribution in [3.05, 3.63) is 10.7 Å². The van der Waals surface area contributed by atoms with Gasteiger partial charge >= 0.3 is 0 Å². The lowest BCUT2D eigenvalue weighted by atomic mass is 10.1. The fourth-order valence-electron chi connectivity index (χ4n) is 3.23. The van der Waals surface area contributed by atoms with Gasteiger partial charge in [0.15, 0.2) is 5.16 Å². The third-order valence-corrected chi connectivity index (χ3v) is 5.37. The Kier molecular flexibility index (Phi) is 6.39. The number of thioether (sulfide) groups is 1. The molecule has 3 heterocycles. The van der Waals surface area contributed by atoms with Crippen molar-refractivity contribution in [1.82, 2.24) is 14.9 Å². The first-order valence-corrected chi connectivity index (χ1v) is 10.0. The Labute approximate surface area is 147 Å². The molecule has 0 saturated carbocycles. The Hall–Kier alpha value is -0.560. The number of halogens is 1. The third-order valence-electron chi connectivity index (χ3n) is 4.51. The molecule has 3 rings (SSSR count). The van der Waals surface area contributed by atoms with Crippen LogP contribution in [0.25, 0.3) is 0 Å². The summed E-state index contributed by atoms with van der Waals surface area (Å²) in [5.41, 5.74) is 1.12. The molecule has 0 radical (unpaired) electrons. The second-order valence-corrected chi connectivity index (χ2v) is 7.19. The van der Waals surface area contributed by atoms with Crippen LogP contribution in [0.3, 0.4) is 0 Å². The van der Waals surface area contributed by atoms with Crippen LogP contribution in [-0.4, -0.2) is 67.1 Å². The van der Waals surface area contributed by atoms with E-state index in [-0.39, 0.29) is 0 Å². The smallest absolute Gasteiger partial charge is 0.190 e. The van der Waals surface area contributed by atoms with Crippen LogP contribution in [0.1, 0.15) is 24.8 Å². The largest absolute Gasteiger partial charge is 0.379 e. The van der Waals surface area contributed by atoms with E-state index in [1.165, 1.54) is 12.8 Å². The monoisotopic (exact) mass is 356 g/mol. The Morgan fingerprint density at radius 2 is 1.87 bits per heavy atom. The van der Waals surface area contributed by atoms with Crippen LogP contribution in [0.5, 0.6) is 0 Å². The summed E-state index contributed by atoms with van der Waals surface area (Å²) in [4.78, 5) is 14.0. The molecule has 128 valence electrons. The van der Waals surface area contributed by atoms with Crippen molar-refractivity contribution in [2.75, 3.05) is 57.1 Å². The van der Waals surface area contributed by atoms with Crippen molar-refractivity contribution in [2.24, 2.45) is 0 Å². The van der Waals surface area contributed by atoms with Gasteiger partial charge in [-0.25, -0.2) is 9.97 Å². The lowest BCUT2D eigenvalue weighted by Crippen LogP contribution is -2.37. The fourth-order valence-corrected chi connectivity index (χ4v) is 3.90. The fraction of sp³-hybridized carbons (Fsp3) is 0.750. The molecule has 0 aliphatic carbocycles. The van der Waals surface area contributed by atoms with Gasteiger partial charge in [-0.2, -0.15) is 0 Å². The van der Waals surface area contributed by atoms with E-state index in [2.05, 4.69) is 14.8 Å². The normalized spacial score (nSPS) is 19.5. The highest BCUT2D eigenvalue weighted by Gasteiger charge is 2.21. The van der Waals surface area contributed by atoms with Gasteiger partial charge in [0.1, 0.15) is 11.0 Å². The molecule has 7 heteroatoms. The molecule has 1 aromatic rings. The molecule has 2 saturated heterocycles. The number of hydrogen-bond acceptors (Lipinski definition) is 6. The highest BCUT2D eigenvalue weighted by molar-refractivity contribution is 7.98. The maximum absolute atomic E-state index is 6.49. The maximum atomic E-state index is 6.49. The van der Waals surface area contributed by atoms with Gasteiger partial charge < -0.3 is 9.64 Å². The highest BCUT2D eigenvalue weighted by atomic mass is 35.5. The summed E-state index contributed by atoms with van der Waals surface area (Å²) >= 11 is 8.04. The van der Waals surface area contributed by atoms with Crippen LogP contribution in [0.4, 0.5) is 5.82 Å². The first-order chi connectivity index (χ1) is 11.3. The average Bonchev–Trinajstić information content (AvgIpc) is 3.11. The number of ether oxygens (including phenoxy) is 1. The topological polar surface area (TPSA) is 41.5 Å². The average molecular weight is 357 g/mol. The van der Waals surface area contributed by atoms with Gasteiger partial charge in [-0.1, -0.05) is 23.4 Å². The second kappa shape index (κ2) is 8.51. The van der Waals surface area contributed by atoms with Gasteiger partial charge in [-0.05, 0) is 38.5 Å². The summed E-state index contributed by atoms with van der Waals surface area (Å²) in [6.45, 7) is 7.03. The van der Waals surface area contributed by atoms with Crippen molar-refractivity contribution in [3.8, 4) is 0 Å². The summed E-state index contributed by atoms with van der Waals surface area (Å²) in [5, 5.41) is 1.40. The van der Waals surface area contributed by atoms with E-state index in [0.717, 1.165) is 75.3 Å². The number of anilines is 1. The predicted octanol–water partition coefficient (Wildman–Crippen LogP) is 2.72. The molecule has 0 unspecified atom stereocenters. The van der Waals surface area contributed by atoms with Crippen LogP contribution in [0.15, 0.2) is 5.16 Å². The number of morpholine rings is 1. The zero-order chi connectivity index (χ0) is 16.1. The van der Waals surface area contributed by atoms with E-state index in [1.54, 1.807) is 11.8 Å². The van der Waals surface area contributed by atoms with E-state index < -0.39 is 0 Å². The molecule has 0 bridgehead atoms. The summed E-state index contributed by atoms with van der Waals surface area (Å²) in [5.74, 6) is 1.06. The van der Waals surface area contributed by atoms with E-state index >= 15 is 0 Å². The maximum Gasteiger partial charge on any atom is 0.190 e. The van der Waals surface area contributed by atoms with E-state index in [0.29, 0.717) is 5.15 Å². The van der Waals surface area contributed by atoms with E-state index in [1.807, 2.05) is 6.26 Å². The van der Waals surface area contributed by atoms with Gasteiger partial charge in [0.2, 0.25) is 0 Å². The summed E-state index contributed by atoms with van der Waals surface area (Å²) < 4.78 is 5.40. The number of aromatic nitrogens is 2. The standard InChI is InChI=1S/C16H25ClN4OS/c1-23-16-18-14(17)13(15(19-16)21-7-2-3-8-21)5-4-6-20-9-11-22-12-10-20/h2-12H2,1H3. The van der Waals surface area contributed by atoms with Gasteiger partial charge in [-0.15, -0.1) is 0 Å². The van der Waals surface area contributed by atoms with Gasteiger partial charge in [-0.3, -0.25) is 4.90 Å². The van der Waals surface area contributed by atoms with Crippen LogP contribution in [0.2, 0.25) is 5.15 Å². The number of rotatable bonds is 6. The first-order valence-electron chi connectivity index (χ1n) is 8.43. The van der Waals surface area contributed by atoms with Gasteiger partial charge in [0.25, 0.3) is 0 Å². The number of nitrogens with zero attached hydrogens (tertiary/aromatic N) is 4. The Balaban J connectivity index is 1.68. The third kappa shape index (κ3) is 4.50. The van der Waals surface area contributed by atoms with E-state index in [9.17, 15) is 0 Å². The molecule has 2 aliphatic heterocycles. The zero-order valence-electron chi connectivity index (χ0n) is 13.8. The van der Waals surface area contributed by atoms with Crippen LogP contribution in [-0.2, 0) is 11.2 Å². The molecule has 2 aliphatic rings. The molecule has 0 amide bonds. The molecule has 23 heavy (non-hydrogen) atoms. The van der Waals surface area contributed by atoms with Crippen molar-refractivity contribution >= 4 is 29.2 Å². The minimum absolute atomic E-state index is 0.633. The molecular formula is C16H25ClN4OS. The van der Waals surface area contributed by atoms with Gasteiger partial charge in [0, 0.05) is 31.7 Å². The Morgan fingerprint density at radius 1 is 1.13 bits per heavy atom. The first kappa shape index (κ1) is 17.3. The minimum Gasteiger partial charge on any atom is -0.379 e. The Bertz CT molecular complexity index is 519. The Morgan fingerprint density at radius 3 is 2.57 bits per heavy atom. The van der Waals surface area contributed by atoms with Crippen molar-refractivity contribution in [2.45, 2.75) is 30.8 Å². The quantitative estimate of drug-likeness (QED) is 0.443. The van der Waals surface area contributed by atoms with Crippen LogP contribution >= 0.6 is 23.4 Å². The summed E-state index contributed by atoms with van der Waals surface area (Å²) in [7, 11) is 0. The zero-order valence-corrected chi connectivity index (χ0v) is 15.3.